The average Bonchev–Trinajstić information content (AvgIpc) is 2.48. The standard InChI is InChI=1S/C8H8BrClOS/c1-2-5(9)7(11)8-6(10)3-4-12-8/h3-5H,2H2,1H3. The van der Waals surface area contributed by atoms with E-state index in [1.807, 2.05) is 12.3 Å². The molecular weight excluding hydrogens is 260 g/mol. The Kier molecular flexibility index (Phi) is 3.75. The molecular formula is C8H8BrClOS. The maximum atomic E-state index is 11.5. The van der Waals surface area contributed by atoms with Gasteiger partial charge in [0.15, 0.2) is 5.78 Å². The molecule has 0 saturated heterocycles. The Balaban J connectivity index is 2.85. The van der Waals surface area contributed by atoms with Crippen molar-refractivity contribution < 1.29 is 4.79 Å². The van der Waals surface area contributed by atoms with Crippen LogP contribution in [0, 0.1) is 0 Å². The largest absolute Gasteiger partial charge is 0.292 e. The number of carbonyl (C=O) groups excluding carboxylic acids is 1. The van der Waals surface area contributed by atoms with E-state index >= 15 is 0 Å². The number of thiophene rings is 1. The molecule has 1 aromatic heterocycles. The lowest BCUT2D eigenvalue weighted by molar-refractivity contribution is 0.0994. The molecule has 1 heterocycles. The fourth-order valence-electron chi connectivity index (χ4n) is 0.797. The second-order valence-electron chi connectivity index (χ2n) is 2.34. The summed E-state index contributed by atoms with van der Waals surface area (Å²) in [5.74, 6) is 0.0810. The van der Waals surface area contributed by atoms with Gasteiger partial charge in [-0.15, -0.1) is 11.3 Å². The first-order valence-corrected chi connectivity index (χ1v) is 5.75. The third-order valence-corrected chi connectivity index (χ3v) is 3.90. The Bertz CT molecular complexity index is 284. The third-order valence-electron chi connectivity index (χ3n) is 1.48. The van der Waals surface area contributed by atoms with Gasteiger partial charge in [0.2, 0.25) is 0 Å². The number of rotatable bonds is 3. The molecule has 12 heavy (non-hydrogen) atoms. The van der Waals surface area contributed by atoms with Crippen molar-refractivity contribution in [2.75, 3.05) is 0 Å². The number of ketones is 1. The Morgan fingerprint density at radius 3 is 2.92 bits per heavy atom. The van der Waals surface area contributed by atoms with Gasteiger partial charge in [0.25, 0.3) is 0 Å². The summed E-state index contributed by atoms with van der Waals surface area (Å²) in [7, 11) is 0. The van der Waals surface area contributed by atoms with Crippen molar-refractivity contribution in [3.63, 3.8) is 0 Å². The number of Topliss-reactive ketones (excluding diaryl/α,β-unsaturated/α-hetero) is 1. The summed E-state index contributed by atoms with van der Waals surface area (Å²) in [6.07, 6.45) is 0.785. The van der Waals surface area contributed by atoms with E-state index in [1.165, 1.54) is 11.3 Å². The molecule has 0 bridgehead atoms. The fraction of sp³-hybridized carbons (Fsp3) is 0.375. The van der Waals surface area contributed by atoms with Gasteiger partial charge in [-0.2, -0.15) is 0 Å². The van der Waals surface area contributed by atoms with Crippen LogP contribution in [-0.2, 0) is 0 Å². The summed E-state index contributed by atoms with van der Waals surface area (Å²) < 4.78 is 0. The van der Waals surface area contributed by atoms with E-state index in [2.05, 4.69) is 15.9 Å². The number of hydrogen-bond acceptors (Lipinski definition) is 2. The minimum Gasteiger partial charge on any atom is -0.292 e. The quantitative estimate of drug-likeness (QED) is 0.602. The van der Waals surface area contributed by atoms with Crippen LogP contribution in [0.4, 0.5) is 0 Å². The first-order chi connectivity index (χ1) is 5.66. The molecule has 0 amide bonds. The highest BCUT2D eigenvalue weighted by atomic mass is 79.9. The van der Waals surface area contributed by atoms with Crippen LogP contribution in [0.25, 0.3) is 0 Å². The molecule has 66 valence electrons. The second kappa shape index (κ2) is 4.40. The van der Waals surface area contributed by atoms with Gasteiger partial charge in [-0.25, -0.2) is 0 Å². The molecule has 4 heteroatoms. The zero-order valence-corrected chi connectivity index (χ0v) is 9.67. The van der Waals surface area contributed by atoms with E-state index in [0.29, 0.717) is 9.90 Å². The van der Waals surface area contributed by atoms with E-state index in [1.54, 1.807) is 6.07 Å². The molecule has 1 rings (SSSR count). The van der Waals surface area contributed by atoms with Gasteiger partial charge < -0.3 is 0 Å². The average molecular weight is 268 g/mol. The maximum absolute atomic E-state index is 11.5. The van der Waals surface area contributed by atoms with Crippen LogP contribution in [0.3, 0.4) is 0 Å². The van der Waals surface area contributed by atoms with Crippen LogP contribution in [0.2, 0.25) is 5.02 Å². The summed E-state index contributed by atoms with van der Waals surface area (Å²) in [4.78, 5) is 12.1. The van der Waals surface area contributed by atoms with Crippen LogP contribution < -0.4 is 0 Å². The van der Waals surface area contributed by atoms with Gasteiger partial charge in [-0.05, 0) is 17.9 Å². The van der Waals surface area contributed by atoms with E-state index in [-0.39, 0.29) is 10.6 Å². The van der Waals surface area contributed by atoms with E-state index in [9.17, 15) is 4.79 Å². The Morgan fingerprint density at radius 2 is 2.50 bits per heavy atom. The molecule has 0 aromatic carbocycles. The van der Waals surface area contributed by atoms with Crippen LogP contribution >= 0.6 is 38.9 Å². The first-order valence-electron chi connectivity index (χ1n) is 3.58. The van der Waals surface area contributed by atoms with Gasteiger partial charge in [-0.1, -0.05) is 34.5 Å². The predicted octanol–water partition coefficient (Wildman–Crippen LogP) is 3.76. The molecule has 0 spiro atoms. The van der Waals surface area contributed by atoms with Crippen LogP contribution in [0.15, 0.2) is 11.4 Å². The zero-order valence-electron chi connectivity index (χ0n) is 6.51. The van der Waals surface area contributed by atoms with Crippen LogP contribution in [0.1, 0.15) is 23.0 Å². The molecule has 0 aliphatic rings. The van der Waals surface area contributed by atoms with Gasteiger partial charge in [0.1, 0.15) is 0 Å². The van der Waals surface area contributed by atoms with Crippen molar-refractivity contribution in [3.8, 4) is 0 Å². The van der Waals surface area contributed by atoms with E-state index in [4.69, 9.17) is 11.6 Å². The maximum Gasteiger partial charge on any atom is 0.187 e. The molecule has 0 fully saturated rings. The Morgan fingerprint density at radius 1 is 1.83 bits per heavy atom. The highest BCUT2D eigenvalue weighted by molar-refractivity contribution is 9.10. The molecule has 0 aliphatic heterocycles. The monoisotopic (exact) mass is 266 g/mol. The van der Waals surface area contributed by atoms with E-state index in [0.717, 1.165) is 6.42 Å². The molecule has 0 radical (unpaired) electrons. The molecule has 1 unspecified atom stereocenters. The fourth-order valence-corrected chi connectivity index (χ4v) is 2.32. The smallest absolute Gasteiger partial charge is 0.187 e. The number of alkyl halides is 1. The number of halogens is 2. The van der Waals surface area contributed by atoms with Gasteiger partial charge in [-0.3, -0.25) is 4.79 Å². The molecule has 1 aromatic rings. The summed E-state index contributed by atoms with van der Waals surface area (Å²) in [6.45, 7) is 1.96. The third kappa shape index (κ3) is 2.09. The van der Waals surface area contributed by atoms with Crippen molar-refractivity contribution in [2.45, 2.75) is 18.2 Å². The summed E-state index contributed by atoms with van der Waals surface area (Å²) in [5, 5.41) is 2.38. The van der Waals surface area contributed by atoms with Gasteiger partial charge in [0.05, 0.1) is 14.7 Å². The SMILES string of the molecule is CCC(Br)C(=O)c1sccc1Cl. The summed E-state index contributed by atoms with van der Waals surface area (Å²) >= 11 is 10.5. The summed E-state index contributed by atoms with van der Waals surface area (Å²) in [5.41, 5.74) is 0. The normalized spacial score (nSPS) is 12.9. The zero-order chi connectivity index (χ0) is 9.14. The lowest BCUT2D eigenvalue weighted by atomic mass is 10.2. The van der Waals surface area contributed by atoms with E-state index < -0.39 is 0 Å². The van der Waals surface area contributed by atoms with Crippen molar-refractivity contribution in [3.05, 3.63) is 21.3 Å². The minimum absolute atomic E-state index is 0.0810. The number of hydrogen-bond donors (Lipinski definition) is 0. The van der Waals surface area contributed by atoms with Crippen molar-refractivity contribution in [1.82, 2.24) is 0 Å². The van der Waals surface area contributed by atoms with Crippen molar-refractivity contribution in [2.24, 2.45) is 0 Å². The Labute approximate surface area is 88.9 Å². The molecule has 0 saturated carbocycles. The molecule has 0 aliphatic carbocycles. The molecule has 1 atom stereocenters. The first kappa shape index (κ1) is 10.2. The molecule has 0 N–H and O–H groups in total. The highest BCUT2D eigenvalue weighted by Gasteiger charge is 2.18. The van der Waals surface area contributed by atoms with Crippen LogP contribution in [-0.4, -0.2) is 10.6 Å². The second-order valence-corrected chi connectivity index (χ2v) is 4.77. The van der Waals surface area contributed by atoms with Gasteiger partial charge in [0, 0.05) is 0 Å². The lowest BCUT2D eigenvalue weighted by Crippen LogP contribution is -2.11. The lowest BCUT2D eigenvalue weighted by Gasteiger charge is -2.02. The topological polar surface area (TPSA) is 17.1 Å². The predicted molar refractivity (Wildman–Crippen MR) is 56.7 cm³/mol. The minimum atomic E-state index is -0.103. The summed E-state index contributed by atoms with van der Waals surface area (Å²) in [6, 6.07) is 1.74. The van der Waals surface area contributed by atoms with Crippen molar-refractivity contribution in [1.29, 1.82) is 0 Å². The highest BCUT2D eigenvalue weighted by Crippen LogP contribution is 2.25. The van der Waals surface area contributed by atoms with Crippen molar-refractivity contribution >= 4 is 44.7 Å². The molecule has 1 nitrogen and oxygen atoms in total. The Hall–Kier alpha value is 0.140. The van der Waals surface area contributed by atoms with Crippen LogP contribution in [0.5, 0.6) is 0 Å². The van der Waals surface area contributed by atoms with Gasteiger partial charge >= 0.3 is 0 Å². The number of carbonyl (C=O) groups is 1.